The number of aryl methyl sites for hydroxylation is 2. The van der Waals surface area contributed by atoms with Crippen LogP contribution in [0.4, 0.5) is 0 Å². The Bertz CT molecular complexity index is 598. The zero-order valence-electron chi connectivity index (χ0n) is 12.0. The monoisotopic (exact) mass is 284 g/mol. The molecule has 3 rings (SSSR count). The van der Waals surface area contributed by atoms with Crippen LogP contribution < -0.4 is 4.74 Å². The van der Waals surface area contributed by atoms with Gasteiger partial charge in [-0.25, -0.2) is 0 Å². The largest absolute Gasteiger partial charge is 0.489 e. The number of carboxylic acid groups (broad SMARTS) is 1. The van der Waals surface area contributed by atoms with E-state index in [1.165, 1.54) is 24.0 Å². The molecule has 0 amide bonds. The summed E-state index contributed by atoms with van der Waals surface area (Å²) in [6.07, 6.45) is 11.0. The average molecular weight is 284 g/mol. The van der Waals surface area contributed by atoms with E-state index in [4.69, 9.17) is 4.74 Å². The molecular formula is C18H20O3. The van der Waals surface area contributed by atoms with E-state index in [-0.39, 0.29) is 0 Å². The molecule has 21 heavy (non-hydrogen) atoms. The summed E-state index contributed by atoms with van der Waals surface area (Å²) >= 11 is 0. The number of ether oxygens (including phenoxy) is 1. The normalized spacial score (nSPS) is 20.6. The number of carboxylic acids is 1. The maximum Gasteiger partial charge on any atom is 0.311 e. The van der Waals surface area contributed by atoms with Gasteiger partial charge in [-0.05, 0) is 60.9 Å². The number of benzene rings is 1. The molecule has 3 nitrogen and oxygen atoms in total. The fourth-order valence-corrected chi connectivity index (χ4v) is 3.05. The highest BCUT2D eigenvalue weighted by Gasteiger charge is 2.23. The van der Waals surface area contributed by atoms with Crippen molar-refractivity contribution in [2.75, 3.05) is 6.61 Å². The molecule has 0 saturated carbocycles. The Morgan fingerprint density at radius 2 is 2.05 bits per heavy atom. The van der Waals surface area contributed by atoms with Gasteiger partial charge in [-0.1, -0.05) is 24.3 Å². The Kier molecular flexibility index (Phi) is 4.09. The van der Waals surface area contributed by atoms with Crippen LogP contribution in [-0.2, 0) is 17.6 Å². The van der Waals surface area contributed by atoms with Crippen LogP contribution in [0.15, 0.2) is 42.0 Å². The second-order valence-corrected chi connectivity index (χ2v) is 5.72. The quantitative estimate of drug-likeness (QED) is 0.920. The minimum Gasteiger partial charge on any atom is -0.489 e. The van der Waals surface area contributed by atoms with Gasteiger partial charge in [-0.15, -0.1) is 0 Å². The Morgan fingerprint density at radius 3 is 2.86 bits per heavy atom. The van der Waals surface area contributed by atoms with Crippen LogP contribution in [0.5, 0.6) is 5.75 Å². The third kappa shape index (κ3) is 3.18. The fourth-order valence-electron chi connectivity index (χ4n) is 3.05. The molecule has 1 N–H and O–H groups in total. The van der Waals surface area contributed by atoms with E-state index in [2.05, 4.69) is 12.1 Å². The molecule has 0 bridgehead atoms. The Balaban J connectivity index is 1.68. The van der Waals surface area contributed by atoms with E-state index in [9.17, 15) is 9.90 Å². The lowest BCUT2D eigenvalue weighted by molar-refractivity contribution is -0.140. The predicted molar refractivity (Wildman–Crippen MR) is 81.5 cm³/mol. The molecule has 2 aliphatic rings. The van der Waals surface area contributed by atoms with Crippen molar-refractivity contribution in [1.82, 2.24) is 0 Å². The van der Waals surface area contributed by atoms with Gasteiger partial charge in [0, 0.05) is 0 Å². The molecule has 110 valence electrons. The lowest BCUT2D eigenvalue weighted by Gasteiger charge is -2.20. The fraction of sp³-hybridized carbons (Fsp3) is 0.389. The molecule has 0 fully saturated rings. The van der Waals surface area contributed by atoms with Crippen molar-refractivity contribution in [3.8, 4) is 5.75 Å². The van der Waals surface area contributed by atoms with Crippen molar-refractivity contribution >= 4 is 5.97 Å². The van der Waals surface area contributed by atoms with Gasteiger partial charge in [0.15, 0.2) is 0 Å². The molecule has 3 heteroatoms. The van der Waals surface area contributed by atoms with Crippen LogP contribution >= 0.6 is 0 Å². The highest BCUT2D eigenvalue weighted by atomic mass is 16.5. The minimum atomic E-state index is -0.778. The van der Waals surface area contributed by atoms with E-state index in [1.54, 1.807) is 0 Å². The summed E-state index contributed by atoms with van der Waals surface area (Å²) in [5.41, 5.74) is 3.64. The first-order chi connectivity index (χ1) is 10.2. The van der Waals surface area contributed by atoms with Crippen LogP contribution in [0.3, 0.4) is 0 Å². The van der Waals surface area contributed by atoms with Gasteiger partial charge in [0.1, 0.15) is 12.4 Å². The van der Waals surface area contributed by atoms with Gasteiger partial charge in [0.05, 0.1) is 5.92 Å². The Morgan fingerprint density at radius 1 is 1.24 bits per heavy atom. The van der Waals surface area contributed by atoms with Crippen LogP contribution in [-0.4, -0.2) is 17.7 Å². The molecule has 1 atom stereocenters. The van der Waals surface area contributed by atoms with E-state index in [0.29, 0.717) is 13.0 Å². The van der Waals surface area contributed by atoms with Gasteiger partial charge in [-0.3, -0.25) is 4.79 Å². The SMILES string of the molecule is O=C(O)C1CC=CC=C1COc1ccc2c(c1)CCCC2. The number of hydrogen-bond donors (Lipinski definition) is 1. The lowest BCUT2D eigenvalue weighted by Crippen LogP contribution is -2.21. The summed E-state index contributed by atoms with van der Waals surface area (Å²) in [5, 5.41) is 9.23. The molecule has 2 aliphatic carbocycles. The first-order valence-electron chi connectivity index (χ1n) is 7.57. The molecule has 0 aliphatic heterocycles. The summed E-state index contributed by atoms with van der Waals surface area (Å²) in [5.74, 6) is -0.387. The summed E-state index contributed by atoms with van der Waals surface area (Å²) in [6.45, 7) is 0.347. The van der Waals surface area contributed by atoms with E-state index in [0.717, 1.165) is 24.2 Å². The van der Waals surface area contributed by atoms with Crippen LogP contribution in [0.2, 0.25) is 0 Å². The molecular weight excluding hydrogens is 264 g/mol. The number of carbonyl (C=O) groups is 1. The molecule has 0 radical (unpaired) electrons. The first-order valence-corrected chi connectivity index (χ1v) is 7.57. The number of hydrogen-bond acceptors (Lipinski definition) is 2. The summed E-state index contributed by atoms with van der Waals surface area (Å²) in [4.78, 5) is 11.2. The van der Waals surface area contributed by atoms with E-state index >= 15 is 0 Å². The number of fused-ring (bicyclic) bond motifs is 1. The Hall–Kier alpha value is -2.03. The van der Waals surface area contributed by atoms with Crippen LogP contribution in [0, 0.1) is 5.92 Å². The first kappa shape index (κ1) is 13.9. The van der Waals surface area contributed by atoms with Crippen molar-refractivity contribution < 1.29 is 14.6 Å². The third-order valence-corrected chi connectivity index (χ3v) is 4.29. The highest BCUT2D eigenvalue weighted by molar-refractivity contribution is 5.74. The van der Waals surface area contributed by atoms with Crippen molar-refractivity contribution in [2.45, 2.75) is 32.1 Å². The maximum absolute atomic E-state index is 11.2. The zero-order valence-corrected chi connectivity index (χ0v) is 12.0. The van der Waals surface area contributed by atoms with Gasteiger partial charge < -0.3 is 9.84 Å². The summed E-state index contributed by atoms with van der Waals surface area (Å²) in [7, 11) is 0. The third-order valence-electron chi connectivity index (χ3n) is 4.29. The van der Waals surface area contributed by atoms with E-state index in [1.807, 2.05) is 24.3 Å². The summed E-state index contributed by atoms with van der Waals surface area (Å²) in [6, 6.07) is 6.26. The molecule has 1 aromatic carbocycles. The number of rotatable bonds is 4. The van der Waals surface area contributed by atoms with E-state index < -0.39 is 11.9 Å². The molecule has 1 aromatic rings. The second-order valence-electron chi connectivity index (χ2n) is 5.72. The van der Waals surface area contributed by atoms with Crippen molar-refractivity contribution in [1.29, 1.82) is 0 Å². The van der Waals surface area contributed by atoms with Crippen LogP contribution in [0.25, 0.3) is 0 Å². The molecule has 0 spiro atoms. The zero-order chi connectivity index (χ0) is 14.7. The van der Waals surface area contributed by atoms with Gasteiger partial charge in [0.25, 0.3) is 0 Å². The number of aliphatic carboxylic acids is 1. The van der Waals surface area contributed by atoms with Crippen molar-refractivity contribution in [3.05, 3.63) is 53.1 Å². The standard InChI is InChI=1S/C18H20O3/c19-18(20)17-8-4-3-7-15(17)12-21-16-10-9-13-5-1-2-6-14(13)11-16/h3-4,7,9-11,17H,1-2,5-6,8,12H2,(H,19,20). The smallest absolute Gasteiger partial charge is 0.311 e. The van der Waals surface area contributed by atoms with Gasteiger partial charge in [0.2, 0.25) is 0 Å². The average Bonchev–Trinajstić information content (AvgIpc) is 2.53. The topological polar surface area (TPSA) is 46.5 Å². The maximum atomic E-state index is 11.2. The summed E-state index contributed by atoms with van der Waals surface area (Å²) < 4.78 is 5.83. The number of allylic oxidation sites excluding steroid dienone is 3. The van der Waals surface area contributed by atoms with Gasteiger partial charge in [-0.2, -0.15) is 0 Å². The minimum absolute atomic E-state index is 0.347. The van der Waals surface area contributed by atoms with Crippen molar-refractivity contribution in [2.24, 2.45) is 5.92 Å². The van der Waals surface area contributed by atoms with Crippen molar-refractivity contribution in [3.63, 3.8) is 0 Å². The molecule has 0 heterocycles. The molecule has 1 unspecified atom stereocenters. The van der Waals surface area contributed by atoms with Gasteiger partial charge >= 0.3 is 5.97 Å². The predicted octanol–water partition coefficient (Wildman–Crippen LogP) is 3.53. The van der Waals surface area contributed by atoms with Crippen LogP contribution in [0.1, 0.15) is 30.4 Å². The lowest BCUT2D eigenvalue weighted by atomic mass is 9.91. The molecule has 0 saturated heterocycles. The Labute approximate surface area is 124 Å². The molecule has 0 aromatic heterocycles. The second kappa shape index (κ2) is 6.17. The highest BCUT2D eigenvalue weighted by Crippen LogP contribution is 2.27.